The van der Waals surface area contributed by atoms with Crippen LogP contribution in [0.1, 0.15) is 157 Å². The first-order chi connectivity index (χ1) is 24.5. The molecule has 0 aromatic heterocycles. The van der Waals surface area contributed by atoms with Crippen LogP contribution in [0.25, 0.3) is 0 Å². The largest absolute Gasteiger partial charge is 0.457 e. The Balaban J connectivity index is 0.919. The van der Waals surface area contributed by atoms with Crippen molar-refractivity contribution in [2.45, 2.75) is 187 Å². The summed E-state index contributed by atoms with van der Waals surface area (Å²) in [6.45, 7) is 13.9. The normalized spacial score (nSPS) is 55.5. The molecule has 0 spiro atoms. The molecule has 8 saturated carbocycles. The number of hydrogen-bond donors (Lipinski definition) is 5. The Morgan fingerprint density at radius 2 is 1.46 bits per heavy atom. The van der Waals surface area contributed by atoms with Crippen LogP contribution in [-0.4, -0.2) is 61.7 Å². The van der Waals surface area contributed by atoms with E-state index in [-0.39, 0.29) is 70.7 Å². The molecule has 8 aliphatic rings. The standard InChI is InChI=1S/C45H74O7/c1-7-26-10-13-32-30-12-9-27-11-16-38(45(50,51)44(27,6)33(30)19-21-41(26,32)3)52-39(49)17-8-25(2)31-14-15-34-40-35(24-37(48)43(31,34)5)42(4)20-18-29(46)22-28(42)23-36(40)47/h25-38,40,46-48,50-51H,7-24H2,1-6H3/t25?,26-,27-,28?,29?,30-,31?,32-,33-,34?,35?,36?,37?,38?,40?,41+,42?,43?,44-/m0/s1. The third-order valence-electron chi connectivity index (χ3n) is 20.2. The molecule has 0 saturated heterocycles. The highest BCUT2D eigenvalue weighted by Gasteiger charge is 2.69. The first-order valence-electron chi connectivity index (χ1n) is 22.2. The summed E-state index contributed by atoms with van der Waals surface area (Å²) in [5, 5.41) is 58.4. The molecular weight excluding hydrogens is 652 g/mol. The lowest BCUT2D eigenvalue weighted by molar-refractivity contribution is -0.350. The lowest BCUT2D eigenvalue weighted by atomic mass is 9.43. The smallest absolute Gasteiger partial charge is 0.306 e. The summed E-state index contributed by atoms with van der Waals surface area (Å²) in [4.78, 5) is 13.6. The van der Waals surface area contributed by atoms with Gasteiger partial charge in [-0.15, -0.1) is 0 Å². The summed E-state index contributed by atoms with van der Waals surface area (Å²) in [5.41, 5.74) is -0.578. The summed E-state index contributed by atoms with van der Waals surface area (Å²) in [6, 6.07) is 0. The predicted molar refractivity (Wildman–Crippen MR) is 200 cm³/mol. The van der Waals surface area contributed by atoms with Crippen molar-refractivity contribution in [3.8, 4) is 0 Å². The van der Waals surface area contributed by atoms with Crippen LogP contribution in [0.2, 0.25) is 0 Å². The minimum absolute atomic E-state index is 0.0501. The van der Waals surface area contributed by atoms with Gasteiger partial charge in [-0.2, -0.15) is 0 Å². The number of fused-ring (bicyclic) bond motifs is 10. The molecule has 0 aromatic carbocycles. The van der Waals surface area contributed by atoms with Crippen LogP contribution >= 0.6 is 0 Å². The summed E-state index contributed by atoms with van der Waals surface area (Å²) in [7, 11) is 0. The fraction of sp³-hybridized carbons (Fsp3) is 0.978. The summed E-state index contributed by atoms with van der Waals surface area (Å²) < 4.78 is 6.12. The van der Waals surface area contributed by atoms with Crippen LogP contribution in [-0.2, 0) is 9.53 Å². The van der Waals surface area contributed by atoms with E-state index < -0.39 is 29.5 Å². The molecule has 19 atom stereocenters. The second kappa shape index (κ2) is 13.2. The Hall–Kier alpha value is -0.730. The van der Waals surface area contributed by atoms with Gasteiger partial charge in [-0.1, -0.05) is 48.0 Å². The molecular formula is C45H74O7. The van der Waals surface area contributed by atoms with E-state index in [9.17, 15) is 30.3 Å². The summed E-state index contributed by atoms with van der Waals surface area (Å²) in [6.07, 6.45) is 14.5. The van der Waals surface area contributed by atoms with E-state index in [0.717, 1.165) is 70.1 Å². The van der Waals surface area contributed by atoms with E-state index in [1.54, 1.807) is 0 Å². The lowest BCUT2D eigenvalue weighted by Crippen LogP contribution is -2.68. The Bertz CT molecular complexity index is 1350. The van der Waals surface area contributed by atoms with Gasteiger partial charge in [-0.25, -0.2) is 0 Å². The minimum Gasteiger partial charge on any atom is -0.457 e. The van der Waals surface area contributed by atoms with Crippen molar-refractivity contribution in [1.29, 1.82) is 0 Å². The Morgan fingerprint density at radius 1 is 0.750 bits per heavy atom. The van der Waals surface area contributed by atoms with Crippen LogP contribution < -0.4 is 0 Å². The number of hydrogen-bond acceptors (Lipinski definition) is 7. The van der Waals surface area contributed by atoms with Crippen LogP contribution in [0, 0.1) is 86.8 Å². The number of ether oxygens (including phenoxy) is 1. The summed E-state index contributed by atoms with van der Waals surface area (Å²) >= 11 is 0. The molecule has 8 rings (SSSR count). The number of aliphatic hydroxyl groups is 5. The van der Waals surface area contributed by atoms with Crippen LogP contribution in [0.4, 0.5) is 0 Å². The van der Waals surface area contributed by atoms with E-state index in [2.05, 4.69) is 41.5 Å². The molecule has 296 valence electrons. The third kappa shape index (κ3) is 5.29. The second-order valence-electron chi connectivity index (χ2n) is 21.5. The zero-order chi connectivity index (χ0) is 37.2. The number of aliphatic hydroxyl groups excluding tert-OH is 3. The molecule has 12 unspecified atom stereocenters. The Morgan fingerprint density at radius 3 is 2.21 bits per heavy atom. The van der Waals surface area contributed by atoms with Gasteiger partial charge in [0.15, 0.2) is 6.10 Å². The van der Waals surface area contributed by atoms with E-state index in [1.807, 2.05) is 0 Å². The molecule has 8 fully saturated rings. The summed E-state index contributed by atoms with van der Waals surface area (Å²) in [5.74, 6) is 1.48. The van der Waals surface area contributed by atoms with Crippen LogP contribution in [0.15, 0.2) is 0 Å². The maximum atomic E-state index is 13.6. The topological polar surface area (TPSA) is 127 Å². The molecule has 7 nitrogen and oxygen atoms in total. The van der Waals surface area contributed by atoms with Gasteiger partial charge in [0.2, 0.25) is 5.79 Å². The molecule has 0 aromatic rings. The van der Waals surface area contributed by atoms with Crippen molar-refractivity contribution in [3.63, 3.8) is 0 Å². The molecule has 0 heterocycles. The van der Waals surface area contributed by atoms with Gasteiger partial charge in [0.1, 0.15) is 0 Å². The average Bonchev–Trinajstić information content (AvgIpc) is 3.64. The van der Waals surface area contributed by atoms with Crippen molar-refractivity contribution in [3.05, 3.63) is 0 Å². The van der Waals surface area contributed by atoms with Crippen LogP contribution in [0.5, 0.6) is 0 Å². The van der Waals surface area contributed by atoms with Crippen molar-refractivity contribution in [1.82, 2.24) is 0 Å². The maximum absolute atomic E-state index is 13.6. The average molecular weight is 727 g/mol. The third-order valence-corrected chi connectivity index (χ3v) is 20.2. The lowest BCUT2D eigenvalue weighted by Gasteiger charge is -2.64. The van der Waals surface area contributed by atoms with E-state index in [4.69, 9.17) is 4.74 Å². The van der Waals surface area contributed by atoms with Gasteiger partial charge in [0.05, 0.1) is 18.3 Å². The molecule has 0 aliphatic heterocycles. The fourth-order valence-electron chi connectivity index (χ4n) is 17.2. The predicted octanol–water partition coefficient (Wildman–Crippen LogP) is 7.64. The highest BCUT2D eigenvalue weighted by Crippen LogP contribution is 2.70. The van der Waals surface area contributed by atoms with Gasteiger partial charge >= 0.3 is 5.97 Å². The number of rotatable bonds is 6. The first-order valence-corrected chi connectivity index (χ1v) is 22.2. The first kappa shape index (κ1) is 38.2. The Kier molecular flexibility index (Phi) is 9.66. The maximum Gasteiger partial charge on any atom is 0.306 e. The number of esters is 1. The number of carbonyl (C=O) groups is 1. The highest BCUT2D eigenvalue weighted by molar-refractivity contribution is 5.69. The van der Waals surface area contributed by atoms with Gasteiger partial charge in [-0.05, 0) is 184 Å². The van der Waals surface area contributed by atoms with Gasteiger partial charge in [-0.3, -0.25) is 4.79 Å². The monoisotopic (exact) mass is 727 g/mol. The van der Waals surface area contributed by atoms with Crippen LogP contribution in [0.3, 0.4) is 0 Å². The minimum atomic E-state index is -2.04. The van der Waals surface area contributed by atoms with Crippen molar-refractivity contribution >= 4 is 5.97 Å². The fourth-order valence-corrected chi connectivity index (χ4v) is 17.2. The quantitative estimate of drug-likeness (QED) is 0.141. The van der Waals surface area contributed by atoms with E-state index >= 15 is 0 Å². The molecule has 52 heavy (non-hydrogen) atoms. The molecule has 5 N–H and O–H groups in total. The van der Waals surface area contributed by atoms with Crippen molar-refractivity contribution < 1.29 is 35.1 Å². The number of carbonyl (C=O) groups excluding carboxylic acids is 1. The van der Waals surface area contributed by atoms with Crippen molar-refractivity contribution in [2.75, 3.05) is 0 Å². The highest BCUT2D eigenvalue weighted by atomic mass is 16.6. The van der Waals surface area contributed by atoms with E-state index in [1.165, 1.54) is 25.7 Å². The Labute approximate surface area is 314 Å². The van der Waals surface area contributed by atoms with Gasteiger partial charge in [0.25, 0.3) is 0 Å². The molecule has 8 aliphatic carbocycles. The van der Waals surface area contributed by atoms with Gasteiger partial charge < -0.3 is 30.3 Å². The SMILES string of the molecule is CC[C@H]1CC[C@H]2[C@@H]3CC[C@H]4CCC(OC(=O)CCC(C)C5CCC6C7C(O)CC8CC(O)CCC8(C)C7CC(O)C56C)C(O)(O)[C@]4(C)[C@H]3CC[C@]12C. The van der Waals surface area contributed by atoms with Gasteiger partial charge in [0, 0.05) is 11.8 Å². The molecule has 0 radical (unpaired) electrons. The van der Waals surface area contributed by atoms with E-state index in [0.29, 0.717) is 42.4 Å². The zero-order valence-corrected chi connectivity index (χ0v) is 33.4. The molecule has 0 bridgehead atoms. The molecule has 7 heteroatoms. The molecule has 0 amide bonds. The zero-order valence-electron chi connectivity index (χ0n) is 33.4. The van der Waals surface area contributed by atoms with Crippen molar-refractivity contribution in [2.24, 2.45) is 86.8 Å². The second-order valence-corrected chi connectivity index (χ2v) is 21.5.